The lowest BCUT2D eigenvalue weighted by Gasteiger charge is -2.30. The summed E-state index contributed by atoms with van der Waals surface area (Å²) >= 11 is 2.13. The molecule has 0 aliphatic heterocycles. The molecule has 0 heterocycles. The topological polar surface area (TPSA) is 55.1 Å². The number of rotatable bonds is 5. The Balaban J connectivity index is 1.88. The van der Waals surface area contributed by atoms with Crippen LogP contribution < -0.4 is 11.1 Å². The Labute approximate surface area is 121 Å². The van der Waals surface area contributed by atoms with Crippen molar-refractivity contribution < 1.29 is 4.79 Å². The number of hydrogen-bond acceptors (Lipinski definition) is 3. The van der Waals surface area contributed by atoms with Gasteiger partial charge in [0.05, 0.1) is 5.54 Å². The van der Waals surface area contributed by atoms with E-state index in [0.29, 0.717) is 5.25 Å². The van der Waals surface area contributed by atoms with Crippen molar-refractivity contribution in [3.8, 4) is 0 Å². The minimum atomic E-state index is -0.424. The third-order valence-electron chi connectivity index (χ3n) is 4.73. The second-order valence-electron chi connectivity index (χ2n) is 6.37. The van der Waals surface area contributed by atoms with E-state index in [1.807, 2.05) is 6.92 Å². The molecule has 3 nitrogen and oxygen atoms in total. The molecule has 2 aliphatic carbocycles. The van der Waals surface area contributed by atoms with Crippen LogP contribution in [0.25, 0.3) is 0 Å². The molecule has 4 unspecified atom stereocenters. The fraction of sp³-hybridized carbons (Fsp3) is 0.933. The van der Waals surface area contributed by atoms with Crippen LogP contribution in [0, 0.1) is 5.92 Å². The quantitative estimate of drug-likeness (QED) is 0.816. The molecule has 3 N–H and O–H groups in total. The zero-order chi connectivity index (χ0) is 13.9. The fourth-order valence-electron chi connectivity index (χ4n) is 3.70. The monoisotopic (exact) mass is 284 g/mol. The second kappa shape index (κ2) is 6.49. The van der Waals surface area contributed by atoms with Crippen LogP contribution >= 0.6 is 11.8 Å². The van der Waals surface area contributed by atoms with E-state index in [4.69, 9.17) is 5.73 Å². The lowest BCUT2D eigenvalue weighted by Crippen LogP contribution is -2.53. The van der Waals surface area contributed by atoms with Crippen LogP contribution in [0.4, 0.5) is 0 Å². The Bertz CT molecular complexity index is 323. The van der Waals surface area contributed by atoms with E-state index >= 15 is 0 Å². The number of amides is 1. The third-order valence-corrected chi connectivity index (χ3v) is 6.33. The lowest BCUT2D eigenvalue weighted by atomic mass is 9.91. The first-order valence-electron chi connectivity index (χ1n) is 7.76. The van der Waals surface area contributed by atoms with Crippen LogP contribution in [0.15, 0.2) is 0 Å². The van der Waals surface area contributed by atoms with E-state index in [0.717, 1.165) is 37.0 Å². The molecule has 4 atom stereocenters. The molecular formula is C15H28N2OS. The first-order valence-corrected chi connectivity index (χ1v) is 8.70. The van der Waals surface area contributed by atoms with Crippen LogP contribution in [0.5, 0.6) is 0 Å². The first-order chi connectivity index (χ1) is 9.05. The van der Waals surface area contributed by atoms with Gasteiger partial charge in [-0.25, -0.2) is 0 Å². The Morgan fingerprint density at radius 2 is 2.16 bits per heavy atom. The average molecular weight is 284 g/mol. The van der Waals surface area contributed by atoms with E-state index in [1.165, 1.54) is 25.7 Å². The van der Waals surface area contributed by atoms with Crippen molar-refractivity contribution in [3.63, 3.8) is 0 Å². The predicted molar refractivity (Wildman–Crippen MR) is 82.3 cm³/mol. The Morgan fingerprint density at radius 3 is 2.79 bits per heavy atom. The molecule has 110 valence electrons. The van der Waals surface area contributed by atoms with Gasteiger partial charge < -0.3 is 11.1 Å². The molecule has 1 amide bonds. The second-order valence-corrected chi connectivity index (χ2v) is 7.98. The average Bonchev–Trinajstić information content (AvgIpc) is 2.74. The third kappa shape index (κ3) is 3.66. The number of likely N-dealkylation sites (N-methyl/N-ethyl adjacent to an activating group) is 1. The molecule has 0 radical (unpaired) electrons. The number of primary amides is 1. The highest BCUT2D eigenvalue weighted by Crippen LogP contribution is 2.42. The molecule has 0 saturated heterocycles. The van der Waals surface area contributed by atoms with Crippen molar-refractivity contribution in [1.82, 2.24) is 5.32 Å². The molecule has 2 rings (SSSR count). The van der Waals surface area contributed by atoms with Crippen molar-refractivity contribution in [2.24, 2.45) is 11.7 Å². The van der Waals surface area contributed by atoms with Gasteiger partial charge in [-0.05, 0) is 44.6 Å². The number of carbonyl (C=O) groups is 1. The van der Waals surface area contributed by atoms with Crippen molar-refractivity contribution >= 4 is 17.7 Å². The zero-order valence-corrected chi connectivity index (χ0v) is 13.1. The first kappa shape index (κ1) is 15.2. The Morgan fingerprint density at radius 1 is 1.37 bits per heavy atom. The number of carbonyl (C=O) groups excluding carboxylic acids is 1. The van der Waals surface area contributed by atoms with Crippen LogP contribution in [0.2, 0.25) is 0 Å². The van der Waals surface area contributed by atoms with Crippen LogP contribution in [-0.4, -0.2) is 28.5 Å². The summed E-state index contributed by atoms with van der Waals surface area (Å²) in [4.78, 5) is 11.8. The van der Waals surface area contributed by atoms with Crippen molar-refractivity contribution in [1.29, 1.82) is 0 Å². The summed E-state index contributed by atoms with van der Waals surface area (Å²) in [5, 5.41) is 4.76. The highest BCUT2D eigenvalue weighted by molar-refractivity contribution is 8.00. The zero-order valence-electron chi connectivity index (χ0n) is 12.3. The number of nitrogens with one attached hydrogen (secondary N) is 1. The molecule has 2 fully saturated rings. The number of thioether (sulfide) groups is 1. The summed E-state index contributed by atoms with van der Waals surface area (Å²) in [6.07, 6.45) is 8.44. The van der Waals surface area contributed by atoms with Gasteiger partial charge in [-0.3, -0.25) is 4.79 Å². The molecule has 0 aromatic heterocycles. The van der Waals surface area contributed by atoms with Crippen LogP contribution in [0.3, 0.4) is 0 Å². The summed E-state index contributed by atoms with van der Waals surface area (Å²) < 4.78 is 0. The maximum Gasteiger partial charge on any atom is 0.237 e. The van der Waals surface area contributed by atoms with E-state index in [-0.39, 0.29) is 5.91 Å². The Hall–Kier alpha value is -0.220. The molecule has 19 heavy (non-hydrogen) atoms. The standard InChI is InChI=1S/C15H28N2OS/c1-3-17-15(14(16)18)8-7-13(10-15)19-12-6-4-5-11(2)9-12/h11-13,17H,3-10H2,1-2H3,(H2,16,18). The van der Waals surface area contributed by atoms with Crippen molar-refractivity contribution in [3.05, 3.63) is 0 Å². The SMILES string of the molecule is CCNC1(C(N)=O)CCC(SC2CCCC(C)C2)C1. The normalized spacial score (nSPS) is 39.4. The highest BCUT2D eigenvalue weighted by atomic mass is 32.2. The van der Waals surface area contributed by atoms with Gasteiger partial charge in [-0.2, -0.15) is 11.8 Å². The van der Waals surface area contributed by atoms with Crippen molar-refractivity contribution in [2.45, 2.75) is 74.8 Å². The number of nitrogens with two attached hydrogens (primary N) is 1. The summed E-state index contributed by atoms with van der Waals surface area (Å²) in [6, 6.07) is 0. The summed E-state index contributed by atoms with van der Waals surface area (Å²) in [6.45, 7) is 5.24. The lowest BCUT2D eigenvalue weighted by molar-refractivity contribution is -0.124. The minimum absolute atomic E-state index is 0.158. The molecule has 0 spiro atoms. The van der Waals surface area contributed by atoms with Gasteiger partial charge in [0.2, 0.25) is 5.91 Å². The molecule has 2 aliphatic rings. The molecule has 4 heteroatoms. The van der Waals surface area contributed by atoms with Crippen LogP contribution in [0.1, 0.15) is 58.8 Å². The number of hydrogen-bond donors (Lipinski definition) is 2. The van der Waals surface area contributed by atoms with Gasteiger partial charge in [-0.15, -0.1) is 0 Å². The van der Waals surface area contributed by atoms with E-state index in [1.54, 1.807) is 0 Å². The summed E-state index contributed by atoms with van der Waals surface area (Å²) in [7, 11) is 0. The molecule has 2 saturated carbocycles. The van der Waals surface area contributed by atoms with E-state index in [2.05, 4.69) is 24.0 Å². The van der Waals surface area contributed by atoms with Gasteiger partial charge >= 0.3 is 0 Å². The largest absolute Gasteiger partial charge is 0.368 e. The maximum atomic E-state index is 11.8. The maximum absolute atomic E-state index is 11.8. The molecule has 0 aromatic carbocycles. The van der Waals surface area contributed by atoms with Crippen LogP contribution in [-0.2, 0) is 4.79 Å². The minimum Gasteiger partial charge on any atom is -0.368 e. The van der Waals surface area contributed by atoms with E-state index < -0.39 is 5.54 Å². The predicted octanol–water partition coefficient (Wildman–Crippen LogP) is 2.68. The highest BCUT2D eigenvalue weighted by Gasteiger charge is 2.44. The van der Waals surface area contributed by atoms with Gasteiger partial charge in [-0.1, -0.05) is 26.7 Å². The van der Waals surface area contributed by atoms with Gasteiger partial charge in [0.25, 0.3) is 0 Å². The van der Waals surface area contributed by atoms with Gasteiger partial charge in [0.1, 0.15) is 0 Å². The molecule has 0 bridgehead atoms. The summed E-state index contributed by atoms with van der Waals surface area (Å²) in [5.74, 6) is 0.719. The fourth-order valence-corrected chi connectivity index (χ4v) is 5.62. The summed E-state index contributed by atoms with van der Waals surface area (Å²) in [5.41, 5.74) is 5.20. The van der Waals surface area contributed by atoms with E-state index in [9.17, 15) is 4.79 Å². The smallest absolute Gasteiger partial charge is 0.237 e. The molecular weight excluding hydrogens is 256 g/mol. The molecule has 0 aromatic rings. The van der Waals surface area contributed by atoms with Crippen molar-refractivity contribution in [2.75, 3.05) is 6.54 Å². The Kier molecular flexibility index (Phi) is 5.18. The van der Waals surface area contributed by atoms with Gasteiger partial charge in [0, 0.05) is 10.5 Å². The van der Waals surface area contributed by atoms with Gasteiger partial charge in [0.15, 0.2) is 0 Å².